The van der Waals surface area contributed by atoms with E-state index < -0.39 is 17.8 Å². The first kappa shape index (κ1) is 20.3. The molecule has 0 fully saturated rings. The summed E-state index contributed by atoms with van der Waals surface area (Å²) in [6.07, 6.45) is 1.31. The number of furan rings is 1. The SMILES string of the molecule is C=C(C)C(=O)OCCCc1ccc2c(c1)oc1c(F)c(OC(=O)C(=C)C)ccc12. The summed E-state index contributed by atoms with van der Waals surface area (Å²) in [6, 6.07) is 8.66. The number of halogens is 1. The molecule has 0 aliphatic carbocycles. The van der Waals surface area contributed by atoms with Gasteiger partial charge in [-0.15, -0.1) is 0 Å². The molecule has 0 N–H and O–H groups in total. The molecule has 5 nitrogen and oxygen atoms in total. The van der Waals surface area contributed by atoms with Gasteiger partial charge in [-0.1, -0.05) is 25.3 Å². The fraction of sp³-hybridized carbons (Fsp3) is 0.217. The van der Waals surface area contributed by atoms with Gasteiger partial charge in [-0.3, -0.25) is 0 Å². The summed E-state index contributed by atoms with van der Waals surface area (Å²) in [5.74, 6) is -2.05. The predicted molar refractivity (Wildman–Crippen MR) is 108 cm³/mol. The van der Waals surface area contributed by atoms with Crippen molar-refractivity contribution in [2.24, 2.45) is 0 Å². The van der Waals surface area contributed by atoms with E-state index in [1.807, 2.05) is 18.2 Å². The fourth-order valence-electron chi connectivity index (χ4n) is 2.82. The summed E-state index contributed by atoms with van der Waals surface area (Å²) in [7, 11) is 0. The van der Waals surface area contributed by atoms with Crippen molar-refractivity contribution < 1.29 is 27.9 Å². The molecule has 3 aromatic rings. The number of aryl methyl sites for hydroxylation is 1. The first-order valence-electron chi connectivity index (χ1n) is 9.12. The van der Waals surface area contributed by atoms with Crippen LogP contribution in [0, 0.1) is 5.82 Å². The summed E-state index contributed by atoms with van der Waals surface area (Å²) in [5.41, 5.74) is 2.06. The van der Waals surface area contributed by atoms with Gasteiger partial charge in [0.1, 0.15) is 5.58 Å². The Balaban J connectivity index is 1.80. The molecule has 6 heteroatoms. The molecule has 1 aromatic heterocycles. The Morgan fingerprint density at radius 1 is 1.03 bits per heavy atom. The third kappa shape index (κ3) is 4.37. The number of carbonyl (C=O) groups excluding carboxylic acids is 2. The highest BCUT2D eigenvalue weighted by Crippen LogP contribution is 2.35. The standard InChI is InChI=1S/C23H21FO5/c1-13(2)22(25)27-11-5-6-15-7-8-16-17-9-10-18(29-23(26)14(3)4)20(24)21(17)28-19(16)12-15/h7-10,12H,1,3,5-6,11H2,2,4H3. The highest BCUT2D eigenvalue weighted by Gasteiger charge is 2.18. The average molecular weight is 396 g/mol. The van der Waals surface area contributed by atoms with Gasteiger partial charge in [-0.2, -0.15) is 4.39 Å². The van der Waals surface area contributed by atoms with Crippen molar-refractivity contribution in [3.63, 3.8) is 0 Å². The van der Waals surface area contributed by atoms with Gasteiger partial charge in [0.25, 0.3) is 0 Å². The van der Waals surface area contributed by atoms with Crippen LogP contribution in [0.4, 0.5) is 4.39 Å². The van der Waals surface area contributed by atoms with Crippen molar-refractivity contribution in [3.8, 4) is 5.75 Å². The maximum Gasteiger partial charge on any atom is 0.338 e. The van der Waals surface area contributed by atoms with E-state index in [2.05, 4.69) is 13.2 Å². The molecule has 3 rings (SSSR count). The van der Waals surface area contributed by atoms with E-state index in [1.54, 1.807) is 13.0 Å². The van der Waals surface area contributed by atoms with Crippen LogP contribution in [0.2, 0.25) is 0 Å². The van der Waals surface area contributed by atoms with Crippen LogP contribution in [0.3, 0.4) is 0 Å². The molecule has 2 aromatic carbocycles. The topological polar surface area (TPSA) is 65.7 Å². The molecule has 150 valence electrons. The first-order valence-corrected chi connectivity index (χ1v) is 9.12. The monoisotopic (exact) mass is 396 g/mol. The molecule has 0 spiro atoms. The molecule has 0 saturated carbocycles. The van der Waals surface area contributed by atoms with Gasteiger partial charge in [0, 0.05) is 21.9 Å². The van der Waals surface area contributed by atoms with E-state index >= 15 is 0 Å². The third-order valence-electron chi connectivity index (χ3n) is 4.35. The quantitative estimate of drug-likeness (QED) is 0.236. The zero-order valence-corrected chi connectivity index (χ0v) is 16.3. The van der Waals surface area contributed by atoms with E-state index in [1.165, 1.54) is 13.0 Å². The Labute approximate surface area is 167 Å². The summed E-state index contributed by atoms with van der Waals surface area (Å²) in [5, 5.41) is 1.35. The molecule has 0 atom stereocenters. The zero-order valence-electron chi connectivity index (χ0n) is 16.3. The Morgan fingerprint density at radius 3 is 2.41 bits per heavy atom. The number of esters is 2. The van der Waals surface area contributed by atoms with Crippen LogP contribution in [-0.4, -0.2) is 18.5 Å². The minimum absolute atomic E-state index is 0.0274. The molecular formula is C23H21FO5. The van der Waals surface area contributed by atoms with Crippen molar-refractivity contribution in [1.82, 2.24) is 0 Å². The van der Waals surface area contributed by atoms with Gasteiger partial charge >= 0.3 is 11.9 Å². The number of rotatable bonds is 7. The number of hydrogen-bond donors (Lipinski definition) is 0. The van der Waals surface area contributed by atoms with Gasteiger partial charge in [-0.25, -0.2) is 9.59 Å². The lowest BCUT2D eigenvalue weighted by atomic mass is 10.1. The molecular weight excluding hydrogens is 375 g/mol. The summed E-state index contributed by atoms with van der Waals surface area (Å²) in [6.45, 7) is 10.4. The number of benzene rings is 2. The number of hydrogen-bond acceptors (Lipinski definition) is 5. The zero-order chi connectivity index (χ0) is 21.1. The van der Waals surface area contributed by atoms with Crippen LogP contribution in [0.15, 0.2) is 59.1 Å². The van der Waals surface area contributed by atoms with E-state index in [0.717, 1.165) is 10.9 Å². The second-order valence-corrected chi connectivity index (χ2v) is 6.88. The van der Waals surface area contributed by atoms with Crippen LogP contribution >= 0.6 is 0 Å². The summed E-state index contributed by atoms with van der Waals surface area (Å²) in [4.78, 5) is 23.1. The number of ether oxygens (including phenoxy) is 2. The maximum absolute atomic E-state index is 14.8. The largest absolute Gasteiger partial charge is 0.462 e. The van der Waals surface area contributed by atoms with E-state index in [9.17, 15) is 14.0 Å². The summed E-state index contributed by atoms with van der Waals surface area (Å²) >= 11 is 0. The number of carbonyl (C=O) groups is 2. The lowest BCUT2D eigenvalue weighted by molar-refractivity contribution is -0.139. The van der Waals surface area contributed by atoms with E-state index in [4.69, 9.17) is 13.9 Å². The third-order valence-corrected chi connectivity index (χ3v) is 4.35. The van der Waals surface area contributed by atoms with Gasteiger partial charge in [0.15, 0.2) is 11.3 Å². The second kappa shape index (κ2) is 8.31. The van der Waals surface area contributed by atoms with E-state index in [0.29, 0.717) is 29.4 Å². The van der Waals surface area contributed by atoms with Gasteiger partial charge in [0.05, 0.1) is 6.61 Å². The van der Waals surface area contributed by atoms with Crippen molar-refractivity contribution in [2.45, 2.75) is 26.7 Å². The molecule has 0 aliphatic heterocycles. The first-order chi connectivity index (χ1) is 13.8. The minimum atomic E-state index is -0.735. The van der Waals surface area contributed by atoms with Crippen molar-refractivity contribution >= 4 is 33.9 Å². The van der Waals surface area contributed by atoms with Gasteiger partial charge in [0.2, 0.25) is 5.82 Å². The normalized spacial score (nSPS) is 10.9. The second-order valence-electron chi connectivity index (χ2n) is 6.88. The van der Waals surface area contributed by atoms with Crippen LogP contribution in [0.25, 0.3) is 21.9 Å². The Bertz CT molecular complexity index is 1140. The summed E-state index contributed by atoms with van der Waals surface area (Å²) < 4.78 is 30.6. The van der Waals surface area contributed by atoms with Crippen molar-refractivity contribution in [1.29, 1.82) is 0 Å². The molecule has 0 aliphatic rings. The van der Waals surface area contributed by atoms with Gasteiger partial charge in [-0.05, 0) is 50.5 Å². The van der Waals surface area contributed by atoms with E-state index in [-0.39, 0.29) is 23.5 Å². The Hall–Kier alpha value is -3.41. The lowest BCUT2D eigenvalue weighted by Gasteiger charge is -2.04. The highest BCUT2D eigenvalue weighted by atomic mass is 19.1. The number of fused-ring (bicyclic) bond motifs is 3. The minimum Gasteiger partial charge on any atom is -0.462 e. The molecule has 0 radical (unpaired) electrons. The van der Waals surface area contributed by atoms with Crippen LogP contribution in [0.5, 0.6) is 5.75 Å². The van der Waals surface area contributed by atoms with Crippen LogP contribution in [-0.2, 0) is 20.7 Å². The molecule has 0 amide bonds. The van der Waals surface area contributed by atoms with Gasteiger partial charge < -0.3 is 13.9 Å². The molecule has 0 bridgehead atoms. The fourth-order valence-corrected chi connectivity index (χ4v) is 2.82. The van der Waals surface area contributed by atoms with Crippen molar-refractivity contribution in [3.05, 3.63) is 66.0 Å². The van der Waals surface area contributed by atoms with Crippen LogP contribution < -0.4 is 4.74 Å². The molecule has 0 unspecified atom stereocenters. The smallest absolute Gasteiger partial charge is 0.338 e. The Morgan fingerprint density at radius 2 is 1.72 bits per heavy atom. The lowest BCUT2D eigenvalue weighted by Crippen LogP contribution is -2.09. The molecule has 1 heterocycles. The van der Waals surface area contributed by atoms with Crippen LogP contribution in [0.1, 0.15) is 25.8 Å². The highest BCUT2D eigenvalue weighted by molar-refractivity contribution is 6.05. The molecule has 29 heavy (non-hydrogen) atoms. The predicted octanol–water partition coefficient (Wildman–Crippen LogP) is 5.26. The Kier molecular flexibility index (Phi) is 5.82. The average Bonchev–Trinajstić information content (AvgIpc) is 3.05. The van der Waals surface area contributed by atoms with Crippen molar-refractivity contribution in [2.75, 3.05) is 6.61 Å². The molecule has 0 saturated heterocycles. The maximum atomic E-state index is 14.8.